The molecule has 0 aliphatic heterocycles. The Bertz CT molecular complexity index is 1430. The fourth-order valence-corrected chi connectivity index (χ4v) is 4.00. The molecule has 0 saturated heterocycles. The van der Waals surface area contributed by atoms with Crippen molar-refractivity contribution in [1.82, 2.24) is 19.7 Å². The van der Waals surface area contributed by atoms with E-state index < -0.39 is 24.0 Å². The second kappa shape index (κ2) is 10.9. The second-order valence-electron chi connectivity index (χ2n) is 9.19. The first-order chi connectivity index (χ1) is 17.0. The van der Waals surface area contributed by atoms with E-state index in [-0.39, 0.29) is 17.0 Å². The number of hydrogen-bond acceptors (Lipinski definition) is 4. The van der Waals surface area contributed by atoms with E-state index in [1.165, 1.54) is 10.6 Å². The Morgan fingerprint density at radius 2 is 1.78 bits per heavy atom. The molecule has 3 N–H and O–H groups in total. The minimum Gasteiger partial charge on any atom is -0.484 e. The van der Waals surface area contributed by atoms with Crippen LogP contribution >= 0.6 is 0 Å². The molecule has 0 radical (unpaired) electrons. The topological polar surface area (TPSA) is 110 Å². The highest BCUT2D eigenvalue weighted by atomic mass is 19.3. The van der Waals surface area contributed by atoms with Crippen LogP contribution in [0.25, 0.3) is 16.6 Å². The quantitative estimate of drug-likeness (QED) is 0.387. The summed E-state index contributed by atoms with van der Waals surface area (Å²) in [6, 6.07) is 17.1. The van der Waals surface area contributed by atoms with Crippen molar-refractivity contribution < 1.29 is 23.8 Å². The van der Waals surface area contributed by atoms with E-state index in [0.29, 0.717) is 12.7 Å². The van der Waals surface area contributed by atoms with Gasteiger partial charge in [0.05, 0.1) is 23.4 Å². The molecular formula is C27H30F2N4O4. The van der Waals surface area contributed by atoms with Gasteiger partial charge in [-0.05, 0) is 35.7 Å². The van der Waals surface area contributed by atoms with Gasteiger partial charge in [-0.25, -0.2) is 4.68 Å². The van der Waals surface area contributed by atoms with Crippen molar-refractivity contribution in [3.05, 3.63) is 89.0 Å². The van der Waals surface area contributed by atoms with E-state index in [1.807, 2.05) is 56.3 Å². The van der Waals surface area contributed by atoms with Gasteiger partial charge in [0.2, 0.25) is 5.56 Å². The van der Waals surface area contributed by atoms with Gasteiger partial charge in [-0.1, -0.05) is 44.2 Å². The molecule has 10 heteroatoms. The van der Waals surface area contributed by atoms with Crippen LogP contribution in [0.4, 0.5) is 8.78 Å². The largest absolute Gasteiger partial charge is 0.484 e. The first-order valence-electron chi connectivity index (χ1n) is 11.6. The molecule has 196 valence electrons. The predicted octanol–water partition coefficient (Wildman–Crippen LogP) is 3.82. The van der Waals surface area contributed by atoms with Crippen LogP contribution in [0, 0.1) is 5.92 Å². The number of carbonyl (C=O) groups is 1. The van der Waals surface area contributed by atoms with Crippen molar-refractivity contribution in [2.45, 2.75) is 38.8 Å². The van der Waals surface area contributed by atoms with Gasteiger partial charge in [-0.15, -0.1) is 0 Å². The van der Waals surface area contributed by atoms with Crippen molar-refractivity contribution >= 4 is 16.8 Å². The summed E-state index contributed by atoms with van der Waals surface area (Å²) in [6.07, 6.45) is 2.67. The van der Waals surface area contributed by atoms with Crippen LogP contribution in [0.5, 0.6) is 5.75 Å². The lowest BCUT2D eigenvalue weighted by Crippen LogP contribution is -2.49. The summed E-state index contributed by atoms with van der Waals surface area (Å²) in [5.74, 6) is -4.56. The molecule has 4 rings (SSSR count). The molecule has 0 fully saturated rings. The first-order valence-corrected chi connectivity index (χ1v) is 11.6. The van der Waals surface area contributed by atoms with Crippen LogP contribution in [-0.4, -0.2) is 37.7 Å². The van der Waals surface area contributed by atoms with Gasteiger partial charge in [0, 0.05) is 31.6 Å². The monoisotopic (exact) mass is 512 g/mol. The number of fused-ring (bicyclic) bond motifs is 1. The molecule has 0 aliphatic rings. The number of hydrogen-bond donors (Lipinski definition) is 1. The van der Waals surface area contributed by atoms with Crippen LogP contribution in [0.15, 0.2) is 77.9 Å². The number of nitrogens with one attached hydrogen (secondary N) is 1. The molecule has 0 saturated carbocycles. The lowest BCUT2D eigenvalue weighted by Gasteiger charge is -2.32. The van der Waals surface area contributed by atoms with Crippen LogP contribution in [0.3, 0.4) is 0 Å². The number of pyridine rings is 1. The van der Waals surface area contributed by atoms with Crippen molar-refractivity contribution in [1.29, 1.82) is 0 Å². The number of halogens is 2. The Hall–Kier alpha value is -4.05. The molecule has 2 heterocycles. The highest BCUT2D eigenvalue weighted by molar-refractivity contribution is 5.83. The van der Waals surface area contributed by atoms with Crippen LogP contribution in [-0.2, 0) is 11.8 Å². The van der Waals surface area contributed by atoms with Gasteiger partial charge in [0.25, 0.3) is 5.91 Å². The third-order valence-electron chi connectivity index (χ3n) is 5.99. The number of aryl methyl sites for hydroxylation is 1. The van der Waals surface area contributed by atoms with Gasteiger partial charge >= 0.3 is 5.92 Å². The van der Waals surface area contributed by atoms with Gasteiger partial charge in [0.15, 0.2) is 0 Å². The first kappa shape index (κ1) is 27.5. The summed E-state index contributed by atoms with van der Waals surface area (Å²) in [4.78, 5) is 23.9. The SMILES string of the molecule is CC(C)[C@H](NC(=O)C(C)(F)F)[C@H](Oc1ccc2c(cnn2-c2ccc(=O)n(C)c2)c1)c1ccccc1.O. The Kier molecular flexibility index (Phi) is 8.12. The Morgan fingerprint density at radius 3 is 2.41 bits per heavy atom. The van der Waals surface area contributed by atoms with Crippen molar-refractivity contribution in [3.63, 3.8) is 0 Å². The maximum atomic E-state index is 13.7. The smallest absolute Gasteiger partial charge is 0.321 e. The number of benzene rings is 2. The third kappa shape index (κ3) is 6.03. The van der Waals surface area contributed by atoms with E-state index in [4.69, 9.17) is 4.74 Å². The average Bonchev–Trinajstić information content (AvgIpc) is 3.26. The van der Waals surface area contributed by atoms with Crippen LogP contribution in [0.1, 0.15) is 32.4 Å². The molecule has 8 nitrogen and oxygen atoms in total. The number of rotatable bonds is 8. The van der Waals surface area contributed by atoms with Crippen molar-refractivity contribution in [2.75, 3.05) is 0 Å². The summed E-state index contributed by atoms with van der Waals surface area (Å²) in [6.45, 7) is 4.27. The van der Waals surface area contributed by atoms with Crippen LogP contribution < -0.4 is 15.6 Å². The minimum absolute atomic E-state index is 0. The van der Waals surface area contributed by atoms with Crippen LogP contribution in [0.2, 0.25) is 0 Å². The summed E-state index contributed by atoms with van der Waals surface area (Å²) in [7, 11) is 1.67. The molecule has 2 aromatic heterocycles. The Morgan fingerprint density at radius 1 is 1.08 bits per heavy atom. The maximum Gasteiger partial charge on any atom is 0.321 e. The van der Waals surface area contributed by atoms with E-state index in [1.54, 1.807) is 36.3 Å². The molecule has 1 amide bonds. The molecular weight excluding hydrogens is 482 g/mol. The van der Waals surface area contributed by atoms with E-state index in [0.717, 1.165) is 22.2 Å². The number of carbonyl (C=O) groups excluding carboxylic acids is 1. The van der Waals surface area contributed by atoms with Gasteiger partial charge in [-0.3, -0.25) is 9.59 Å². The van der Waals surface area contributed by atoms with E-state index in [9.17, 15) is 18.4 Å². The number of ether oxygens (including phenoxy) is 1. The number of alkyl halides is 2. The molecule has 2 atom stereocenters. The highest BCUT2D eigenvalue weighted by Gasteiger charge is 2.37. The normalized spacial score (nSPS) is 13.2. The molecule has 0 aliphatic carbocycles. The summed E-state index contributed by atoms with van der Waals surface area (Å²) in [5.41, 5.74) is 2.16. The van der Waals surface area contributed by atoms with Crippen molar-refractivity contribution in [2.24, 2.45) is 13.0 Å². The van der Waals surface area contributed by atoms with E-state index >= 15 is 0 Å². The Balaban J connectivity index is 0.00000380. The third-order valence-corrected chi connectivity index (χ3v) is 5.99. The Labute approximate surface area is 212 Å². The highest BCUT2D eigenvalue weighted by Crippen LogP contribution is 2.31. The van der Waals surface area contributed by atoms with Crippen molar-refractivity contribution in [3.8, 4) is 11.4 Å². The molecule has 0 bridgehead atoms. The predicted molar refractivity (Wildman–Crippen MR) is 137 cm³/mol. The molecule has 0 unspecified atom stereocenters. The number of aromatic nitrogens is 3. The lowest BCUT2D eigenvalue weighted by atomic mass is 9.92. The summed E-state index contributed by atoms with van der Waals surface area (Å²) < 4.78 is 37.0. The van der Waals surface area contributed by atoms with Gasteiger partial charge < -0.3 is 20.1 Å². The molecule has 2 aromatic carbocycles. The molecule has 37 heavy (non-hydrogen) atoms. The zero-order valence-electron chi connectivity index (χ0n) is 21.0. The lowest BCUT2D eigenvalue weighted by molar-refractivity contribution is -0.145. The second-order valence-corrected chi connectivity index (χ2v) is 9.19. The summed E-state index contributed by atoms with van der Waals surface area (Å²) >= 11 is 0. The standard InChI is InChI=1S/C27H28F2N4O3.H2O/c1-17(2)24(31-26(35)27(3,28)29)25(18-8-6-5-7-9-18)36-21-11-12-22-19(14-21)15-30-33(22)20-10-13-23(34)32(4)16-20;/h5-17,24-25H,1-4H3,(H,31,35);1H2/t24-,25+;/m0./s1. The molecule has 4 aromatic rings. The fraction of sp³-hybridized carbons (Fsp3) is 0.296. The van der Waals surface area contributed by atoms with Gasteiger partial charge in [0.1, 0.15) is 11.9 Å². The van der Waals surface area contributed by atoms with Gasteiger partial charge in [-0.2, -0.15) is 13.9 Å². The number of amides is 1. The molecule has 0 spiro atoms. The maximum absolute atomic E-state index is 13.7. The zero-order chi connectivity index (χ0) is 26.0. The average molecular weight is 513 g/mol. The fourth-order valence-electron chi connectivity index (χ4n) is 4.00. The minimum atomic E-state index is -3.51. The summed E-state index contributed by atoms with van der Waals surface area (Å²) in [5, 5.41) is 7.73. The number of nitrogens with zero attached hydrogens (tertiary/aromatic N) is 3. The zero-order valence-corrected chi connectivity index (χ0v) is 21.0. The van der Waals surface area contributed by atoms with E-state index in [2.05, 4.69) is 10.4 Å².